The molecule has 8 heteroatoms. The van der Waals surface area contributed by atoms with Gasteiger partial charge in [0.1, 0.15) is 0 Å². The van der Waals surface area contributed by atoms with Crippen LogP contribution in [-0.2, 0) is 14.8 Å². The Morgan fingerprint density at radius 1 is 1.12 bits per heavy atom. The molecule has 0 atom stereocenters. The van der Waals surface area contributed by atoms with Gasteiger partial charge in [-0.25, -0.2) is 8.42 Å². The number of aromatic nitrogens is 1. The fourth-order valence-corrected chi connectivity index (χ4v) is 3.43. The zero-order valence-electron chi connectivity index (χ0n) is 12.9. The lowest BCUT2D eigenvalue weighted by molar-refractivity contribution is 0.0302. The van der Waals surface area contributed by atoms with Crippen LogP contribution in [0.3, 0.4) is 0 Å². The predicted molar refractivity (Wildman–Crippen MR) is 88.2 cm³/mol. The Balaban J connectivity index is 1.79. The number of rotatable bonds is 4. The molecule has 24 heavy (non-hydrogen) atoms. The van der Waals surface area contributed by atoms with Crippen molar-refractivity contribution in [3.63, 3.8) is 0 Å². The van der Waals surface area contributed by atoms with Gasteiger partial charge in [-0.05, 0) is 18.2 Å². The number of hydrogen-bond donors (Lipinski definition) is 1. The standard InChI is InChI=1S/C16H17N3O4S/c20-16(19-6-8-23-9-7-19)13-10-14(12-17-11-13)18-24(21,22)15-4-2-1-3-5-15/h1-5,10-12,18H,6-9H2. The molecule has 126 valence electrons. The average Bonchev–Trinajstić information content (AvgIpc) is 2.62. The third-order valence-electron chi connectivity index (χ3n) is 3.59. The van der Waals surface area contributed by atoms with Gasteiger partial charge >= 0.3 is 0 Å². The van der Waals surface area contributed by atoms with E-state index in [1.54, 1.807) is 23.1 Å². The summed E-state index contributed by atoms with van der Waals surface area (Å²) in [6, 6.07) is 9.51. The maximum atomic E-state index is 12.4. The number of anilines is 1. The minimum atomic E-state index is -3.72. The van der Waals surface area contributed by atoms with Crippen LogP contribution in [0.25, 0.3) is 0 Å². The first-order valence-electron chi connectivity index (χ1n) is 7.46. The molecule has 0 unspecified atom stereocenters. The highest BCUT2D eigenvalue weighted by atomic mass is 32.2. The van der Waals surface area contributed by atoms with Crippen molar-refractivity contribution in [2.75, 3.05) is 31.0 Å². The van der Waals surface area contributed by atoms with Crippen molar-refractivity contribution in [2.24, 2.45) is 0 Å². The fourth-order valence-electron chi connectivity index (χ4n) is 2.38. The van der Waals surface area contributed by atoms with Gasteiger partial charge in [0, 0.05) is 19.3 Å². The summed E-state index contributed by atoms with van der Waals surface area (Å²) >= 11 is 0. The van der Waals surface area contributed by atoms with Gasteiger partial charge in [0.15, 0.2) is 0 Å². The molecule has 2 aromatic rings. The smallest absolute Gasteiger partial charge is 0.261 e. The van der Waals surface area contributed by atoms with E-state index in [-0.39, 0.29) is 16.5 Å². The number of morpholine rings is 1. The van der Waals surface area contributed by atoms with Gasteiger partial charge in [0.2, 0.25) is 0 Å². The number of nitrogens with one attached hydrogen (secondary N) is 1. The van der Waals surface area contributed by atoms with Crippen molar-refractivity contribution in [2.45, 2.75) is 4.90 Å². The molecule has 3 rings (SSSR count). The van der Waals surface area contributed by atoms with E-state index in [1.165, 1.54) is 30.6 Å². The molecule has 0 radical (unpaired) electrons. The molecule has 0 aliphatic carbocycles. The number of benzene rings is 1. The molecule has 1 saturated heterocycles. The maximum Gasteiger partial charge on any atom is 0.261 e. The first kappa shape index (κ1) is 16.4. The number of ether oxygens (including phenoxy) is 1. The molecule has 1 amide bonds. The number of hydrogen-bond acceptors (Lipinski definition) is 5. The van der Waals surface area contributed by atoms with E-state index in [0.29, 0.717) is 31.9 Å². The molecule has 1 N–H and O–H groups in total. The second-order valence-corrected chi connectivity index (χ2v) is 6.97. The Labute approximate surface area is 140 Å². The Morgan fingerprint density at radius 2 is 1.83 bits per heavy atom. The molecular weight excluding hydrogens is 330 g/mol. The second kappa shape index (κ2) is 6.98. The average molecular weight is 347 g/mol. The van der Waals surface area contributed by atoms with Crippen molar-refractivity contribution >= 4 is 21.6 Å². The molecule has 7 nitrogen and oxygen atoms in total. The number of nitrogens with zero attached hydrogens (tertiary/aromatic N) is 2. The van der Waals surface area contributed by atoms with Gasteiger partial charge in [0.25, 0.3) is 15.9 Å². The zero-order valence-corrected chi connectivity index (χ0v) is 13.7. The molecule has 0 saturated carbocycles. The van der Waals surface area contributed by atoms with E-state index >= 15 is 0 Å². The highest BCUT2D eigenvalue weighted by Gasteiger charge is 2.20. The lowest BCUT2D eigenvalue weighted by atomic mass is 10.2. The number of carbonyl (C=O) groups is 1. The van der Waals surface area contributed by atoms with Crippen LogP contribution in [-0.4, -0.2) is 50.5 Å². The van der Waals surface area contributed by atoms with Crippen LogP contribution in [0, 0.1) is 0 Å². The number of carbonyl (C=O) groups excluding carboxylic acids is 1. The number of pyridine rings is 1. The van der Waals surface area contributed by atoms with Crippen molar-refractivity contribution in [1.29, 1.82) is 0 Å². The summed E-state index contributed by atoms with van der Waals surface area (Å²) in [6.45, 7) is 2.02. The highest BCUT2D eigenvalue weighted by Crippen LogP contribution is 2.17. The van der Waals surface area contributed by atoms with Crippen molar-refractivity contribution in [3.05, 3.63) is 54.4 Å². The molecule has 1 aromatic heterocycles. The topological polar surface area (TPSA) is 88.6 Å². The van der Waals surface area contributed by atoms with E-state index in [0.717, 1.165) is 0 Å². The molecule has 2 heterocycles. The first-order chi connectivity index (χ1) is 11.6. The quantitative estimate of drug-likeness (QED) is 0.902. The summed E-state index contributed by atoms with van der Waals surface area (Å²) in [7, 11) is -3.72. The van der Waals surface area contributed by atoms with Crippen LogP contribution < -0.4 is 4.72 Å². The Kier molecular flexibility index (Phi) is 4.77. The van der Waals surface area contributed by atoms with E-state index in [1.807, 2.05) is 0 Å². The third-order valence-corrected chi connectivity index (χ3v) is 4.99. The van der Waals surface area contributed by atoms with Crippen LogP contribution in [0.1, 0.15) is 10.4 Å². The number of amides is 1. The summed E-state index contributed by atoms with van der Waals surface area (Å²) in [5.41, 5.74) is 0.586. The van der Waals surface area contributed by atoms with Crippen molar-refractivity contribution in [3.8, 4) is 0 Å². The summed E-state index contributed by atoms with van der Waals surface area (Å²) in [6.07, 6.45) is 2.80. The van der Waals surface area contributed by atoms with Crippen molar-refractivity contribution < 1.29 is 17.9 Å². The largest absolute Gasteiger partial charge is 0.378 e. The summed E-state index contributed by atoms with van der Waals surface area (Å²) < 4.78 is 32.3. The van der Waals surface area contributed by atoms with Gasteiger partial charge in [0.05, 0.1) is 35.6 Å². The summed E-state index contributed by atoms with van der Waals surface area (Å²) in [5, 5.41) is 0. The summed E-state index contributed by atoms with van der Waals surface area (Å²) in [5.74, 6) is -0.188. The molecule has 0 spiro atoms. The molecule has 0 bridgehead atoms. The molecule has 1 fully saturated rings. The Bertz CT molecular complexity index is 818. The molecular formula is C16H17N3O4S. The molecule has 1 aliphatic heterocycles. The van der Waals surface area contributed by atoms with Crippen LogP contribution >= 0.6 is 0 Å². The number of sulfonamides is 1. The Hall–Kier alpha value is -2.45. The van der Waals surface area contributed by atoms with Gasteiger partial charge in [-0.1, -0.05) is 18.2 Å². The van der Waals surface area contributed by atoms with Gasteiger partial charge in [-0.2, -0.15) is 0 Å². The Morgan fingerprint density at radius 3 is 2.54 bits per heavy atom. The zero-order chi connectivity index (χ0) is 17.0. The SMILES string of the molecule is O=C(c1cncc(NS(=O)(=O)c2ccccc2)c1)N1CCOCC1. The minimum absolute atomic E-state index is 0.148. The summed E-state index contributed by atoms with van der Waals surface area (Å²) in [4.78, 5) is 18.2. The van der Waals surface area contributed by atoms with Crippen molar-refractivity contribution in [1.82, 2.24) is 9.88 Å². The predicted octanol–water partition coefficient (Wildman–Crippen LogP) is 1.35. The lowest BCUT2D eigenvalue weighted by Gasteiger charge is -2.26. The van der Waals surface area contributed by atoms with Crippen LogP contribution in [0.4, 0.5) is 5.69 Å². The first-order valence-corrected chi connectivity index (χ1v) is 8.94. The maximum absolute atomic E-state index is 12.4. The lowest BCUT2D eigenvalue weighted by Crippen LogP contribution is -2.40. The normalized spacial score (nSPS) is 15.1. The van der Waals surface area contributed by atoms with E-state index in [4.69, 9.17) is 4.74 Å². The van der Waals surface area contributed by atoms with Gasteiger partial charge < -0.3 is 9.64 Å². The monoisotopic (exact) mass is 347 g/mol. The van der Waals surface area contributed by atoms with Gasteiger partial charge in [-0.15, -0.1) is 0 Å². The van der Waals surface area contributed by atoms with Crippen LogP contribution in [0.2, 0.25) is 0 Å². The van der Waals surface area contributed by atoms with E-state index in [9.17, 15) is 13.2 Å². The van der Waals surface area contributed by atoms with Crippen LogP contribution in [0.15, 0.2) is 53.7 Å². The minimum Gasteiger partial charge on any atom is -0.378 e. The third kappa shape index (κ3) is 3.72. The van der Waals surface area contributed by atoms with E-state index in [2.05, 4.69) is 9.71 Å². The highest BCUT2D eigenvalue weighted by molar-refractivity contribution is 7.92. The van der Waals surface area contributed by atoms with E-state index < -0.39 is 10.0 Å². The van der Waals surface area contributed by atoms with Crippen LogP contribution in [0.5, 0.6) is 0 Å². The fraction of sp³-hybridized carbons (Fsp3) is 0.250. The second-order valence-electron chi connectivity index (χ2n) is 5.29. The van der Waals surface area contributed by atoms with Gasteiger partial charge in [-0.3, -0.25) is 14.5 Å². The molecule has 1 aliphatic rings. The molecule has 1 aromatic carbocycles.